The average molecular weight is 376 g/mol. The van der Waals surface area contributed by atoms with Crippen LogP contribution in [-0.4, -0.2) is 27.2 Å². The molecule has 28 heavy (non-hydrogen) atoms. The van der Waals surface area contributed by atoms with E-state index in [2.05, 4.69) is 20.1 Å². The summed E-state index contributed by atoms with van der Waals surface area (Å²) in [7, 11) is 0. The lowest BCUT2D eigenvalue weighted by Crippen LogP contribution is -2.26. The lowest BCUT2D eigenvalue weighted by Gasteiger charge is -2.09. The highest BCUT2D eigenvalue weighted by Gasteiger charge is 2.15. The molecule has 1 N–H and O–H groups in total. The first kappa shape index (κ1) is 18.2. The number of hydrogen-bond donors (Lipinski definition) is 1. The van der Waals surface area contributed by atoms with Crippen molar-refractivity contribution in [3.63, 3.8) is 0 Å². The van der Waals surface area contributed by atoms with Gasteiger partial charge in [0.05, 0.1) is 0 Å². The fourth-order valence-electron chi connectivity index (χ4n) is 3.45. The number of para-hydroxylation sites is 1. The van der Waals surface area contributed by atoms with Crippen LogP contribution >= 0.6 is 0 Å². The van der Waals surface area contributed by atoms with Gasteiger partial charge >= 0.3 is 0 Å². The summed E-state index contributed by atoms with van der Waals surface area (Å²) in [5.74, 6) is 3.30. The molecular formula is C22H24N4O2. The van der Waals surface area contributed by atoms with Crippen molar-refractivity contribution in [3.05, 3.63) is 71.8 Å². The smallest absolute Gasteiger partial charge is 0.251 e. The van der Waals surface area contributed by atoms with Crippen LogP contribution in [0.25, 0.3) is 0 Å². The number of hydrogen-bond acceptors (Lipinski definition) is 4. The number of rotatable bonds is 6. The van der Waals surface area contributed by atoms with Crippen LogP contribution in [0, 0.1) is 0 Å². The van der Waals surface area contributed by atoms with Gasteiger partial charge in [0.15, 0.2) is 0 Å². The summed E-state index contributed by atoms with van der Waals surface area (Å²) in [6.45, 7) is 1.51. The Morgan fingerprint density at radius 1 is 1.00 bits per heavy atom. The Kier molecular flexibility index (Phi) is 5.66. The molecule has 0 aliphatic carbocycles. The molecule has 0 spiro atoms. The molecule has 6 nitrogen and oxygen atoms in total. The largest absolute Gasteiger partial charge is 0.457 e. The van der Waals surface area contributed by atoms with Crippen LogP contribution in [0.2, 0.25) is 0 Å². The third-order valence-corrected chi connectivity index (χ3v) is 4.90. The van der Waals surface area contributed by atoms with E-state index in [9.17, 15) is 4.79 Å². The van der Waals surface area contributed by atoms with Crippen molar-refractivity contribution in [1.82, 2.24) is 20.1 Å². The molecule has 3 aromatic rings. The molecule has 1 aliphatic rings. The number of carbonyl (C=O) groups excluding carboxylic acids is 1. The van der Waals surface area contributed by atoms with E-state index in [1.807, 2.05) is 42.5 Å². The van der Waals surface area contributed by atoms with Gasteiger partial charge in [-0.2, -0.15) is 0 Å². The van der Waals surface area contributed by atoms with Crippen molar-refractivity contribution in [1.29, 1.82) is 0 Å². The van der Waals surface area contributed by atoms with Gasteiger partial charge in [-0.15, -0.1) is 10.2 Å². The fraction of sp³-hybridized carbons (Fsp3) is 0.318. The molecule has 2 heterocycles. The lowest BCUT2D eigenvalue weighted by molar-refractivity contribution is 0.0953. The van der Waals surface area contributed by atoms with Gasteiger partial charge < -0.3 is 14.6 Å². The summed E-state index contributed by atoms with van der Waals surface area (Å²) < 4.78 is 8.02. The normalized spacial score (nSPS) is 13.4. The molecule has 144 valence electrons. The molecule has 0 atom stereocenters. The van der Waals surface area contributed by atoms with E-state index < -0.39 is 0 Å². The minimum absolute atomic E-state index is 0.117. The first-order valence-corrected chi connectivity index (χ1v) is 9.82. The summed E-state index contributed by atoms with van der Waals surface area (Å²) in [6.07, 6.45) is 5.25. The first-order chi connectivity index (χ1) is 13.8. The van der Waals surface area contributed by atoms with Crippen molar-refractivity contribution < 1.29 is 9.53 Å². The maximum absolute atomic E-state index is 12.5. The Balaban J connectivity index is 1.34. The third-order valence-electron chi connectivity index (χ3n) is 4.90. The van der Waals surface area contributed by atoms with Crippen LogP contribution in [-0.2, 0) is 19.4 Å². The Labute approximate surface area is 164 Å². The van der Waals surface area contributed by atoms with Crippen molar-refractivity contribution in [3.8, 4) is 11.5 Å². The molecule has 0 bridgehead atoms. The minimum Gasteiger partial charge on any atom is -0.457 e. The number of ether oxygens (including phenoxy) is 1. The van der Waals surface area contributed by atoms with E-state index in [-0.39, 0.29) is 5.91 Å². The van der Waals surface area contributed by atoms with Crippen LogP contribution in [0.3, 0.4) is 0 Å². The second kappa shape index (κ2) is 8.69. The summed E-state index contributed by atoms with van der Waals surface area (Å²) in [6, 6.07) is 16.7. The average Bonchev–Trinajstić information content (AvgIpc) is 2.95. The van der Waals surface area contributed by atoms with Crippen molar-refractivity contribution in [2.24, 2.45) is 0 Å². The van der Waals surface area contributed by atoms with Gasteiger partial charge in [0.2, 0.25) is 0 Å². The Morgan fingerprint density at radius 2 is 1.86 bits per heavy atom. The van der Waals surface area contributed by atoms with Crippen LogP contribution in [0.4, 0.5) is 0 Å². The highest BCUT2D eigenvalue weighted by molar-refractivity contribution is 5.94. The van der Waals surface area contributed by atoms with Gasteiger partial charge in [0, 0.05) is 31.5 Å². The lowest BCUT2D eigenvalue weighted by atomic mass is 10.2. The number of aromatic nitrogens is 3. The molecule has 0 fully saturated rings. The zero-order valence-electron chi connectivity index (χ0n) is 15.8. The highest BCUT2D eigenvalue weighted by atomic mass is 16.5. The third kappa shape index (κ3) is 4.39. The molecule has 2 aromatic carbocycles. The van der Waals surface area contributed by atoms with Crippen molar-refractivity contribution >= 4 is 5.91 Å². The fourth-order valence-corrected chi connectivity index (χ4v) is 3.45. The van der Waals surface area contributed by atoms with Gasteiger partial charge in [0.1, 0.15) is 23.1 Å². The van der Waals surface area contributed by atoms with Gasteiger partial charge in [0.25, 0.3) is 5.91 Å². The molecule has 0 radical (unpaired) electrons. The van der Waals surface area contributed by atoms with Gasteiger partial charge in [-0.3, -0.25) is 4.79 Å². The second-order valence-corrected chi connectivity index (χ2v) is 6.94. The van der Waals surface area contributed by atoms with E-state index in [0.29, 0.717) is 24.3 Å². The maximum Gasteiger partial charge on any atom is 0.251 e. The van der Waals surface area contributed by atoms with Gasteiger partial charge in [-0.25, -0.2) is 0 Å². The quantitative estimate of drug-likeness (QED) is 0.711. The SMILES string of the molecule is O=C(NCCc1nnc2n1CCCCC2)c1cccc(Oc2ccccc2)c1. The number of carbonyl (C=O) groups is 1. The Morgan fingerprint density at radius 3 is 2.75 bits per heavy atom. The molecular weight excluding hydrogens is 352 g/mol. The molecule has 0 saturated heterocycles. The van der Waals surface area contributed by atoms with E-state index in [1.165, 1.54) is 19.3 Å². The number of nitrogens with one attached hydrogen (secondary N) is 1. The summed E-state index contributed by atoms with van der Waals surface area (Å²) in [5, 5.41) is 11.6. The van der Waals surface area contributed by atoms with Crippen molar-refractivity contribution in [2.75, 3.05) is 6.54 Å². The topological polar surface area (TPSA) is 69.0 Å². The van der Waals surface area contributed by atoms with Crippen LogP contribution in [0.15, 0.2) is 54.6 Å². The van der Waals surface area contributed by atoms with E-state index in [4.69, 9.17) is 4.74 Å². The molecule has 0 saturated carbocycles. The molecule has 1 aromatic heterocycles. The molecule has 6 heteroatoms. The van der Waals surface area contributed by atoms with Crippen LogP contribution < -0.4 is 10.1 Å². The summed E-state index contributed by atoms with van der Waals surface area (Å²) >= 11 is 0. The van der Waals surface area contributed by atoms with Crippen LogP contribution in [0.5, 0.6) is 11.5 Å². The number of fused-ring (bicyclic) bond motifs is 1. The molecule has 1 amide bonds. The first-order valence-electron chi connectivity index (χ1n) is 9.82. The zero-order valence-corrected chi connectivity index (χ0v) is 15.8. The molecule has 0 unspecified atom stereocenters. The number of benzene rings is 2. The second-order valence-electron chi connectivity index (χ2n) is 6.94. The van der Waals surface area contributed by atoms with Gasteiger partial charge in [-0.05, 0) is 43.2 Å². The zero-order chi connectivity index (χ0) is 19.2. The summed E-state index contributed by atoms with van der Waals surface area (Å²) in [4.78, 5) is 12.5. The van der Waals surface area contributed by atoms with E-state index in [1.54, 1.807) is 12.1 Å². The maximum atomic E-state index is 12.5. The summed E-state index contributed by atoms with van der Waals surface area (Å²) in [5.41, 5.74) is 0.577. The Hall–Kier alpha value is -3.15. The number of nitrogens with zero attached hydrogens (tertiary/aromatic N) is 3. The number of aryl methyl sites for hydroxylation is 1. The van der Waals surface area contributed by atoms with E-state index in [0.717, 1.165) is 30.4 Å². The van der Waals surface area contributed by atoms with Crippen molar-refractivity contribution in [2.45, 2.75) is 38.6 Å². The predicted octanol–water partition coefficient (Wildman–Crippen LogP) is 3.77. The monoisotopic (exact) mass is 376 g/mol. The molecule has 1 aliphatic heterocycles. The highest BCUT2D eigenvalue weighted by Crippen LogP contribution is 2.21. The number of amides is 1. The van der Waals surface area contributed by atoms with E-state index >= 15 is 0 Å². The standard InChI is InChI=1S/C22H24N4O2/c27-22(17-8-7-11-19(16-17)28-18-9-3-1-4-10-18)23-14-13-21-25-24-20-12-5-2-6-15-26(20)21/h1,3-4,7-11,16H,2,5-6,12-15H2,(H,23,27). The van der Waals surface area contributed by atoms with Crippen LogP contribution in [0.1, 0.15) is 41.3 Å². The predicted molar refractivity (Wildman–Crippen MR) is 107 cm³/mol. The Bertz CT molecular complexity index is 937. The minimum atomic E-state index is -0.117. The molecule has 4 rings (SSSR count). The van der Waals surface area contributed by atoms with Gasteiger partial charge in [-0.1, -0.05) is 30.7 Å².